The molecule has 2 aliphatic carbocycles. The number of nitrogens with zero attached hydrogens (tertiary/aromatic N) is 2. The summed E-state index contributed by atoms with van der Waals surface area (Å²) in [4.78, 5) is 42.8. The van der Waals surface area contributed by atoms with Crippen molar-refractivity contribution < 1.29 is 23.9 Å². The summed E-state index contributed by atoms with van der Waals surface area (Å²) in [5.41, 5.74) is 0.952. The number of carbonyl (C=O) groups excluding carboxylic acids is 3. The van der Waals surface area contributed by atoms with Crippen LogP contribution in [-0.4, -0.2) is 47.0 Å². The summed E-state index contributed by atoms with van der Waals surface area (Å²) in [6.07, 6.45) is 3.22. The minimum Gasteiger partial charge on any atom is -0.465 e. The number of allylic oxidation sites excluding steroid dienone is 2. The van der Waals surface area contributed by atoms with Crippen molar-refractivity contribution in [2.45, 2.75) is 38.2 Å². The van der Waals surface area contributed by atoms with Crippen LogP contribution < -0.4 is 0 Å². The van der Waals surface area contributed by atoms with E-state index in [0.717, 1.165) is 6.42 Å². The molecule has 26 heavy (non-hydrogen) atoms. The normalized spacial score (nSPS) is 25.7. The predicted molar refractivity (Wildman–Crippen MR) is 90.7 cm³/mol. The van der Waals surface area contributed by atoms with E-state index in [4.69, 9.17) is 9.47 Å². The van der Waals surface area contributed by atoms with Crippen LogP contribution in [0.3, 0.4) is 0 Å². The number of carbonyl (C=O) groups is 3. The van der Waals surface area contributed by atoms with Crippen LogP contribution in [0.15, 0.2) is 24.0 Å². The number of ketones is 1. The molecule has 1 amide bonds. The Morgan fingerprint density at radius 1 is 1.35 bits per heavy atom. The van der Waals surface area contributed by atoms with Gasteiger partial charge in [0.15, 0.2) is 0 Å². The lowest BCUT2D eigenvalue weighted by Crippen LogP contribution is -2.38. The van der Waals surface area contributed by atoms with Gasteiger partial charge in [0.2, 0.25) is 5.78 Å². The van der Waals surface area contributed by atoms with E-state index >= 15 is 0 Å². The second kappa shape index (κ2) is 5.16. The molecule has 0 unspecified atom stereocenters. The number of piperidine rings is 1. The van der Waals surface area contributed by atoms with Crippen molar-refractivity contribution in [1.82, 2.24) is 9.88 Å². The lowest BCUT2D eigenvalue weighted by Gasteiger charge is -2.30. The van der Waals surface area contributed by atoms with Gasteiger partial charge in [-0.1, -0.05) is 0 Å². The molecule has 0 aromatic carbocycles. The van der Waals surface area contributed by atoms with Crippen molar-refractivity contribution >= 4 is 17.8 Å². The molecule has 4 rings (SSSR count). The van der Waals surface area contributed by atoms with E-state index < -0.39 is 23.1 Å². The molecule has 2 fully saturated rings. The van der Waals surface area contributed by atoms with E-state index in [0.29, 0.717) is 29.1 Å². The number of rotatable bonds is 1. The van der Waals surface area contributed by atoms with Gasteiger partial charge >= 0.3 is 12.1 Å². The molecule has 1 saturated carbocycles. The standard InChI is InChI=1S/C19H20N2O5/c1-18(2,3)26-17(24)21-9-11-7-19(11)12-5-10(16(23)25-4)8-20-15(12)13(22)6-14(19)21/h5-6,8,11H,7,9H2,1-4H3/t11-,19-/m1/s1. The van der Waals surface area contributed by atoms with Gasteiger partial charge in [0, 0.05) is 29.9 Å². The quantitative estimate of drug-likeness (QED) is 0.719. The van der Waals surface area contributed by atoms with E-state index in [2.05, 4.69) is 4.98 Å². The first kappa shape index (κ1) is 16.8. The number of likely N-dealkylation sites (tertiary alicyclic amines) is 1. The molecular formula is C19H20N2O5. The fourth-order valence-corrected chi connectivity index (χ4v) is 4.01. The first-order valence-electron chi connectivity index (χ1n) is 8.53. The summed E-state index contributed by atoms with van der Waals surface area (Å²) in [5.74, 6) is -0.569. The summed E-state index contributed by atoms with van der Waals surface area (Å²) < 4.78 is 10.2. The Labute approximate surface area is 151 Å². The molecule has 0 bridgehead atoms. The summed E-state index contributed by atoms with van der Waals surface area (Å²) in [7, 11) is 1.30. The van der Waals surface area contributed by atoms with Crippen LogP contribution >= 0.6 is 0 Å². The maximum absolute atomic E-state index is 12.6. The average molecular weight is 356 g/mol. The highest BCUT2D eigenvalue weighted by Gasteiger charge is 2.68. The first-order valence-corrected chi connectivity index (χ1v) is 8.53. The van der Waals surface area contributed by atoms with Gasteiger partial charge in [0.1, 0.15) is 11.3 Å². The molecule has 1 aromatic rings. The Balaban J connectivity index is 1.75. The van der Waals surface area contributed by atoms with Gasteiger partial charge in [-0.25, -0.2) is 9.59 Å². The second-order valence-electron chi connectivity index (χ2n) is 7.97. The third-order valence-corrected chi connectivity index (χ3v) is 5.16. The molecule has 2 heterocycles. The van der Waals surface area contributed by atoms with Gasteiger partial charge in [-0.2, -0.15) is 0 Å². The molecule has 136 valence electrons. The third-order valence-electron chi connectivity index (χ3n) is 5.16. The number of pyridine rings is 1. The van der Waals surface area contributed by atoms with Crippen LogP contribution in [0, 0.1) is 5.92 Å². The van der Waals surface area contributed by atoms with Crippen LogP contribution in [0.1, 0.15) is 53.6 Å². The lowest BCUT2D eigenvalue weighted by molar-refractivity contribution is 0.0321. The SMILES string of the molecule is COC(=O)c1cnc2c(c1)[C@@]13C[C@@H]1CN(C(=O)OC(C)(C)C)C3=CC2=O. The number of aromatic nitrogens is 1. The molecule has 2 atom stereocenters. The van der Waals surface area contributed by atoms with Crippen LogP contribution in [0.5, 0.6) is 0 Å². The van der Waals surface area contributed by atoms with Gasteiger partial charge in [-0.05, 0) is 44.7 Å². The summed E-state index contributed by atoms with van der Waals surface area (Å²) >= 11 is 0. The number of ether oxygens (including phenoxy) is 2. The molecule has 7 heteroatoms. The molecular weight excluding hydrogens is 336 g/mol. The van der Waals surface area contributed by atoms with Crippen LogP contribution in [0.25, 0.3) is 0 Å². The van der Waals surface area contributed by atoms with E-state index in [1.165, 1.54) is 19.4 Å². The van der Waals surface area contributed by atoms with Crippen molar-refractivity contribution in [1.29, 1.82) is 0 Å². The Morgan fingerprint density at radius 2 is 2.08 bits per heavy atom. The van der Waals surface area contributed by atoms with Crippen molar-refractivity contribution in [2.24, 2.45) is 5.92 Å². The highest BCUT2D eigenvalue weighted by atomic mass is 16.6. The highest BCUT2D eigenvalue weighted by Crippen LogP contribution is 2.66. The van der Waals surface area contributed by atoms with Crippen LogP contribution in [-0.2, 0) is 14.9 Å². The highest BCUT2D eigenvalue weighted by molar-refractivity contribution is 6.08. The van der Waals surface area contributed by atoms with Crippen molar-refractivity contribution in [3.8, 4) is 0 Å². The van der Waals surface area contributed by atoms with E-state index in [1.54, 1.807) is 31.7 Å². The Bertz CT molecular complexity index is 882. The predicted octanol–water partition coefficient (Wildman–Crippen LogP) is 2.46. The molecule has 7 nitrogen and oxygen atoms in total. The number of fused-ring (bicyclic) bond motifs is 1. The number of esters is 1. The average Bonchev–Trinajstić information content (AvgIpc) is 3.20. The van der Waals surface area contributed by atoms with E-state index in [9.17, 15) is 14.4 Å². The maximum atomic E-state index is 12.6. The van der Waals surface area contributed by atoms with Crippen LogP contribution in [0.4, 0.5) is 4.79 Å². The largest absolute Gasteiger partial charge is 0.465 e. The van der Waals surface area contributed by atoms with E-state index in [1.807, 2.05) is 0 Å². The van der Waals surface area contributed by atoms with Gasteiger partial charge in [-0.15, -0.1) is 0 Å². The first-order chi connectivity index (χ1) is 12.2. The maximum Gasteiger partial charge on any atom is 0.414 e. The molecule has 1 saturated heterocycles. The Morgan fingerprint density at radius 3 is 2.73 bits per heavy atom. The molecule has 1 aromatic heterocycles. The molecule has 0 radical (unpaired) electrons. The van der Waals surface area contributed by atoms with Gasteiger partial charge < -0.3 is 9.47 Å². The molecule has 3 aliphatic rings. The van der Waals surface area contributed by atoms with Gasteiger partial charge in [0.05, 0.1) is 12.7 Å². The van der Waals surface area contributed by atoms with Crippen LogP contribution in [0.2, 0.25) is 0 Å². The number of methoxy groups -OCH3 is 1. The van der Waals surface area contributed by atoms with Crippen molar-refractivity contribution in [2.75, 3.05) is 13.7 Å². The number of hydrogen-bond donors (Lipinski definition) is 0. The topological polar surface area (TPSA) is 85.8 Å². The molecule has 0 N–H and O–H groups in total. The minimum atomic E-state index is -0.617. The summed E-state index contributed by atoms with van der Waals surface area (Å²) in [6, 6.07) is 1.68. The number of amides is 1. The van der Waals surface area contributed by atoms with Crippen molar-refractivity contribution in [3.05, 3.63) is 40.9 Å². The Hall–Kier alpha value is -2.70. The Kier molecular flexibility index (Phi) is 3.32. The number of hydrogen-bond acceptors (Lipinski definition) is 6. The molecule has 1 aliphatic heterocycles. The monoisotopic (exact) mass is 356 g/mol. The van der Waals surface area contributed by atoms with Gasteiger partial charge in [-0.3, -0.25) is 14.7 Å². The van der Waals surface area contributed by atoms with Crippen molar-refractivity contribution in [3.63, 3.8) is 0 Å². The minimum absolute atomic E-state index is 0.197. The fourth-order valence-electron chi connectivity index (χ4n) is 4.01. The third kappa shape index (κ3) is 2.26. The zero-order chi connectivity index (χ0) is 18.9. The lowest BCUT2D eigenvalue weighted by atomic mass is 9.83. The zero-order valence-corrected chi connectivity index (χ0v) is 15.2. The van der Waals surface area contributed by atoms with E-state index in [-0.39, 0.29) is 11.7 Å². The van der Waals surface area contributed by atoms with Gasteiger partial charge in [0.25, 0.3) is 0 Å². The second-order valence-corrected chi connectivity index (χ2v) is 7.97. The molecule has 1 spiro atoms. The summed E-state index contributed by atoms with van der Waals surface area (Å²) in [5, 5.41) is 0. The smallest absolute Gasteiger partial charge is 0.414 e. The fraction of sp³-hybridized carbons (Fsp3) is 0.474. The zero-order valence-electron chi connectivity index (χ0n) is 15.2. The summed E-state index contributed by atoms with van der Waals surface area (Å²) in [6.45, 7) is 5.91.